The molecule has 1 fully saturated rings. The lowest BCUT2D eigenvalue weighted by molar-refractivity contribution is -0.137. The van der Waals surface area contributed by atoms with Gasteiger partial charge in [-0.1, -0.05) is 26.2 Å². The summed E-state index contributed by atoms with van der Waals surface area (Å²) in [5.41, 5.74) is 0. The predicted octanol–water partition coefficient (Wildman–Crippen LogP) is 4.78. The molecule has 0 bridgehead atoms. The molecule has 1 aliphatic carbocycles. The number of hydrogen-bond donors (Lipinski definition) is 1. The van der Waals surface area contributed by atoms with Crippen molar-refractivity contribution in [1.82, 2.24) is 10.3 Å². The lowest BCUT2D eigenvalue weighted by Crippen LogP contribution is -2.29. The average Bonchev–Trinajstić information content (AvgIpc) is 2.90. The van der Waals surface area contributed by atoms with Crippen molar-refractivity contribution in [2.45, 2.75) is 57.7 Å². The van der Waals surface area contributed by atoms with Gasteiger partial charge in [0.2, 0.25) is 0 Å². The lowest BCUT2D eigenvalue weighted by atomic mass is 9.83. The predicted molar refractivity (Wildman–Crippen MR) is 74.7 cm³/mol. The van der Waals surface area contributed by atoms with E-state index in [-0.39, 0.29) is 6.04 Å². The summed E-state index contributed by atoms with van der Waals surface area (Å²) in [6.45, 7) is 2.90. The van der Waals surface area contributed by atoms with Gasteiger partial charge in [-0.2, -0.15) is 13.2 Å². The number of aromatic nitrogens is 1. The third-order valence-corrected chi connectivity index (χ3v) is 4.93. The molecule has 1 saturated carbocycles. The molecule has 6 heteroatoms. The van der Waals surface area contributed by atoms with E-state index in [1.54, 1.807) is 0 Å². The van der Waals surface area contributed by atoms with E-state index in [1.165, 1.54) is 25.5 Å². The number of hydrogen-bond acceptors (Lipinski definition) is 3. The van der Waals surface area contributed by atoms with Crippen molar-refractivity contribution in [2.24, 2.45) is 5.92 Å². The Labute approximate surface area is 121 Å². The van der Waals surface area contributed by atoms with Crippen molar-refractivity contribution in [3.8, 4) is 0 Å². The van der Waals surface area contributed by atoms with Gasteiger partial charge in [0.1, 0.15) is 0 Å². The summed E-state index contributed by atoms with van der Waals surface area (Å²) >= 11 is 0.793. The monoisotopic (exact) mass is 306 g/mol. The molecule has 20 heavy (non-hydrogen) atoms. The van der Waals surface area contributed by atoms with Crippen LogP contribution in [0.3, 0.4) is 0 Å². The van der Waals surface area contributed by atoms with Crippen LogP contribution in [0.5, 0.6) is 0 Å². The Bertz CT molecular complexity index is 411. The highest BCUT2D eigenvalue weighted by Gasteiger charge is 2.36. The SMILES string of the molecule is CCCNC(c1cnc(C(F)(F)F)s1)C1CCCCC1. The normalized spacial score (nSPS) is 19.2. The molecular formula is C14H21F3N2S. The van der Waals surface area contributed by atoms with E-state index in [4.69, 9.17) is 0 Å². The van der Waals surface area contributed by atoms with E-state index in [0.717, 1.165) is 42.0 Å². The summed E-state index contributed by atoms with van der Waals surface area (Å²) in [4.78, 5) is 4.30. The van der Waals surface area contributed by atoms with Crippen molar-refractivity contribution in [1.29, 1.82) is 0 Å². The van der Waals surface area contributed by atoms with E-state index < -0.39 is 11.2 Å². The molecule has 1 N–H and O–H groups in total. The van der Waals surface area contributed by atoms with Gasteiger partial charge in [-0.25, -0.2) is 4.98 Å². The number of nitrogens with zero attached hydrogens (tertiary/aromatic N) is 1. The van der Waals surface area contributed by atoms with E-state index in [1.807, 2.05) is 0 Å². The van der Waals surface area contributed by atoms with Gasteiger partial charge >= 0.3 is 6.18 Å². The number of thiazole rings is 1. The zero-order valence-electron chi connectivity index (χ0n) is 11.7. The topological polar surface area (TPSA) is 24.9 Å². The summed E-state index contributed by atoms with van der Waals surface area (Å²) < 4.78 is 38.1. The van der Waals surface area contributed by atoms with Crippen molar-refractivity contribution in [3.05, 3.63) is 16.1 Å². The van der Waals surface area contributed by atoms with Gasteiger partial charge in [0.15, 0.2) is 5.01 Å². The molecule has 1 aliphatic rings. The second-order valence-corrected chi connectivity index (χ2v) is 6.46. The summed E-state index contributed by atoms with van der Waals surface area (Å²) in [5.74, 6) is 0.442. The molecule has 0 aromatic carbocycles. The maximum absolute atomic E-state index is 12.7. The molecule has 114 valence electrons. The minimum atomic E-state index is -4.33. The van der Waals surface area contributed by atoms with Gasteiger partial charge in [0, 0.05) is 17.1 Å². The largest absolute Gasteiger partial charge is 0.443 e. The maximum Gasteiger partial charge on any atom is 0.443 e. The number of rotatable bonds is 5. The smallest absolute Gasteiger partial charge is 0.309 e. The minimum Gasteiger partial charge on any atom is -0.309 e. The van der Waals surface area contributed by atoms with Crippen LogP contribution in [-0.2, 0) is 6.18 Å². The molecule has 0 spiro atoms. The van der Waals surface area contributed by atoms with Gasteiger partial charge in [-0.15, -0.1) is 11.3 Å². The van der Waals surface area contributed by atoms with Crippen LogP contribution in [0, 0.1) is 5.92 Å². The van der Waals surface area contributed by atoms with Crippen LogP contribution in [0.15, 0.2) is 6.20 Å². The molecule has 0 amide bonds. The van der Waals surface area contributed by atoms with Crippen LogP contribution in [0.1, 0.15) is 61.4 Å². The Morgan fingerprint density at radius 2 is 2.05 bits per heavy atom. The van der Waals surface area contributed by atoms with Crippen molar-refractivity contribution >= 4 is 11.3 Å². The molecule has 1 aromatic heterocycles. The van der Waals surface area contributed by atoms with Gasteiger partial charge in [0.25, 0.3) is 0 Å². The first-order valence-corrected chi connectivity index (χ1v) is 8.10. The molecular weight excluding hydrogens is 285 g/mol. The fourth-order valence-electron chi connectivity index (χ4n) is 2.83. The molecule has 1 aromatic rings. The van der Waals surface area contributed by atoms with Gasteiger partial charge in [-0.3, -0.25) is 0 Å². The molecule has 0 saturated heterocycles. The van der Waals surface area contributed by atoms with Crippen LogP contribution >= 0.6 is 11.3 Å². The summed E-state index contributed by atoms with van der Waals surface area (Å²) in [6.07, 6.45) is 3.86. The first-order chi connectivity index (χ1) is 9.52. The van der Waals surface area contributed by atoms with Gasteiger partial charge < -0.3 is 5.32 Å². The third-order valence-electron chi connectivity index (χ3n) is 3.81. The van der Waals surface area contributed by atoms with E-state index >= 15 is 0 Å². The summed E-state index contributed by atoms with van der Waals surface area (Å²) in [6, 6.07) is 0.0313. The summed E-state index contributed by atoms with van der Waals surface area (Å²) in [5, 5.41) is 2.69. The highest BCUT2D eigenvalue weighted by molar-refractivity contribution is 7.11. The quantitative estimate of drug-likeness (QED) is 0.846. The van der Waals surface area contributed by atoms with E-state index in [0.29, 0.717) is 5.92 Å². The molecule has 0 aliphatic heterocycles. The fraction of sp³-hybridized carbons (Fsp3) is 0.786. The second kappa shape index (κ2) is 6.89. The lowest BCUT2D eigenvalue weighted by Gasteiger charge is -2.30. The average molecular weight is 306 g/mol. The molecule has 0 radical (unpaired) electrons. The minimum absolute atomic E-state index is 0.0313. The molecule has 1 heterocycles. The van der Waals surface area contributed by atoms with Gasteiger partial charge in [0.05, 0.1) is 0 Å². The van der Waals surface area contributed by atoms with Crippen molar-refractivity contribution < 1.29 is 13.2 Å². The van der Waals surface area contributed by atoms with Crippen LogP contribution in [-0.4, -0.2) is 11.5 Å². The molecule has 2 nitrogen and oxygen atoms in total. The zero-order chi connectivity index (χ0) is 14.6. The van der Waals surface area contributed by atoms with E-state index in [9.17, 15) is 13.2 Å². The Morgan fingerprint density at radius 1 is 1.35 bits per heavy atom. The van der Waals surface area contributed by atoms with Crippen LogP contribution < -0.4 is 5.32 Å². The second-order valence-electron chi connectivity index (χ2n) is 5.40. The van der Waals surface area contributed by atoms with Gasteiger partial charge in [-0.05, 0) is 31.7 Å². The Hall–Kier alpha value is -0.620. The maximum atomic E-state index is 12.7. The van der Waals surface area contributed by atoms with Crippen LogP contribution in [0.4, 0.5) is 13.2 Å². The van der Waals surface area contributed by atoms with Crippen molar-refractivity contribution in [2.75, 3.05) is 6.54 Å². The van der Waals surface area contributed by atoms with Crippen molar-refractivity contribution in [3.63, 3.8) is 0 Å². The highest BCUT2D eigenvalue weighted by Crippen LogP contribution is 2.39. The summed E-state index contributed by atoms with van der Waals surface area (Å²) in [7, 11) is 0. The van der Waals surface area contributed by atoms with E-state index in [2.05, 4.69) is 17.2 Å². The fourth-order valence-corrected chi connectivity index (χ4v) is 3.78. The molecule has 1 atom stereocenters. The number of alkyl halides is 3. The third kappa shape index (κ3) is 3.95. The zero-order valence-corrected chi connectivity index (χ0v) is 12.5. The van der Waals surface area contributed by atoms with Crippen LogP contribution in [0.2, 0.25) is 0 Å². The van der Waals surface area contributed by atoms with Crippen LogP contribution in [0.25, 0.3) is 0 Å². The number of halogens is 3. The Morgan fingerprint density at radius 3 is 2.60 bits per heavy atom. The molecule has 2 rings (SSSR count). The first-order valence-electron chi connectivity index (χ1n) is 7.28. The highest BCUT2D eigenvalue weighted by atomic mass is 32.1. The molecule has 1 unspecified atom stereocenters. The Kier molecular flexibility index (Phi) is 5.43. The standard InChI is InChI=1S/C14H21F3N2S/c1-2-8-18-12(10-6-4-3-5-7-10)11-9-19-13(20-11)14(15,16)17/h9-10,12,18H,2-8H2,1H3. The first kappa shape index (κ1) is 15.8. The Balaban J connectivity index is 2.14. The number of nitrogens with one attached hydrogen (secondary N) is 1.